The maximum Gasteiger partial charge on any atom is 0.254 e. The van der Waals surface area contributed by atoms with Gasteiger partial charge in [-0.15, -0.1) is 0 Å². The molecule has 2 aromatic rings. The van der Waals surface area contributed by atoms with Crippen molar-refractivity contribution >= 4 is 11.6 Å². The molecular formula is C14H15ClN2O2. The van der Waals surface area contributed by atoms with Gasteiger partial charge in [-0.05, 0) is 25.5 Å². The molecule has 2 rings (SSSR count). The molecule has 1 aromatic heterocycles. The van der Waals surface area contributed by atoms with Gasteiger partial charge < -0.3 is 4.74 Å². The number of para-hydroxylation sites is 1. The number of hydrogen-bond acceptors (Lipinski definition) is 3. The number of aryl methyl sites for hydroxylation is 1. The van der Waals surface area contributed by atoms with Gasteiger partial charge >= 0.3 is 0 Å². The summed E-state index contributed by atoms with van der Waals surface area (Å²) in [6.07, 6.45) is 0.735. The first kappa shape index (κ1) is 13.6. The van der Waals surface area contributed by atoms with E-state index in [9.17, 15) is 4.79 Å². The number of aromatic nitrogens is 2. The Morgan fingerprint density at radius 3 is 2.74 bits per heavy atom. The fourth-order valence-corrected chi connectivity index (χ4v) is 2.00. The highest BCUT2D eigenvalue weighted by Crippen LogP contribution is 2.08. The van der Waals surface area contributed by atoms with E-state index in [0.29, 0.717) is 19.0 Å². The highest BCUT2D eigenvalue weighted by atomic mass is 35.5. The fourth-order valence-electron chi connectivity index (χ4n) is 1.79. The number of nitrogens with zero attached hydrogens (tertiary/aromatic N) is 2. The van der Waals surface area contributed by atoms with E-state index < -0.39 is 0 Å². The molecule has 4 nitrogen and oxygen atoms in total. The predicted octanol–water partition coefficient (Wildman–Crippen LogP) is 2.67. The summed E-state index contributed by atoms with van der Waals surface area (Å²) in [6.45, 7) is 2.89. The number of rotatable bonds is 5. The van der Waals surface area contributed by atoms with Crippen molar-refractivity contribution in [1.29, 1.82) is 0 Å². The lowest BCUT2D eigenvalue weighted by Gasteiger charge is -2.10. The first-order chi connectivity index (χ1) is 9.16. The maximum absolute atomic E-state index is 11.7. The molecule has 0 aliphatic heterocycles. The summed E-state index contributed by atoms with van der Waals surface area (Å²) in [4.78, 5) is 15.8. The molecule has 5 heteroatoms. The van der Waals surface area contributed by atoms with Crippen LogP contribution in [0.2, 0.25) is 5.15 Å². The lowest BCUT2D eigenvalue weighted by atomic mass is 10.3. The highest BCUT2D eigenvalue weighted by Gasteiger charge is 2.03. The molecule has 1 aromatic carbocycles. The molecule has 0 saturated heterocycles. The molecule has 0 radical (unpaired) electrons. The van der Waals surface area contributed by atoms with Crippen LogP contribution in [0, 0.1) is 6.92 Å². The molecule has 0 N–H and O–H groups in total. The normalized spacial score (nSPS) is 10.4. The molecule has 100 valence electrons. The molecule has 0 fully saturated rings. The van der Waals surface area contributed by atoms with E-state index in [-0.39, 0.29) is 10.7 Å². The summed E-state index contributed by atoms with van der Waals surface area (Å²) in [5, 5.41) is 0.235. The fraction of sp³-hybridized carbons (Fsp3) is 0.286. The minimum absolute atomic E-state index is 0.128. The van der Waals surface area contributed by atoms with E-state index >= 15 is 0 Å². The highest BCUT2D eigenvalue weighted by molar-refractivity contribution is 6.29. The summed E-state index contributed by atoms with van der Waals surface area (Å²) in [7, 11) is 0. The lowest BCUT2D eigenvalue weighted by molar-refractivity contribution is 0.300. The van der Waals surface area contributed by atoms with Crippen molar-refractivity contribution in [3.63, 3.8) is 0 Å². The van der Waals surface area contributed by atoms with Gasteiger partial charge in [0, 0.05) is 12.6 Å². The molecule has 19 heavy (non-hydrogen) atoms. The topological polar surface area (TPSA) is 44.1 Å². The van der Waals surface area contributed by atoms with E-state index in [1.807, 2.05) is 30.3 Å². The van der Waals surface area contributed by atoms with Gasteiger partial charge in [0.15, 0.2) is 0 Å². The first-order valence-corrected chi connectivity index (χ1v) is 6.46. The van der Waals surface area contributed by atoms with Crippen LogP contribution in [-0.2, 0) is 6.54 Å². The molecule has 0 amide bonds. The average molecular weight is 279 g/mol. The molecule has 1 heterocycles. The third kappa shape index (κ3) is 3.83. The van der Waals surface area contributed by atoms with Gasteiger partial charge in [-0.25, -0.2) is 4.98 Å². The second-order valence-electron chi connectivity index (χ2n) is 4.13. The van der Waals surface area contributed by atoms with Crippen LogP contribution >= 0.6 is 11.6 Å². The molecule has 0 aliphatic carbocycles. The number of hydrogen-bond donors (Lipinski definition) is 0. The second-order valence-corrected chi connectivity index (χ2v) is 4.52. The monoisotopic (exact) mass is 278 g/mol. The van der Waals surface area contributed by atoms with Crippen molar-refractivity contribution in [2.45, 2.75) is 19.9 Å². The van der Waals surface area contributed by atoms with Gasteiger partial charge in [0.1, 0.15) is 16.7 Å². The zero-order valence-electron chi connectivity index (χ0n) is 10.7. The Balaban J connectivity index is 1.88. The van der Waals surface area contributed by atoms with Crippen molar-refractivity contribution < 1.29 is 4.74 Å². The molecule has 0 unspecified atom stereocenters. The van der Waals surface area contributed by atoms with Crippen molar-refractivity contribution in [1.82, 2.24) is 9.55 Å². The van der Waals surface area contributed by atoms with Crippen LogP contribution in [0.15, 0.2) is 41.2 Å². The number of halogens is 1. The van der Waals surface area contributed by atoms with E-state index in [4.69, 9.17) is 16.3 Å². The van der Waals surface area contributed by atoms with Crippen molar-refractivity contribution in [2.75, 3.05) is 6.61 Å². The molecule has 0 spiro atoms. The zero-order chi connectivity index (χ0) is 13.7. The van der Waals surface area contributed by atoms with Gasteiger partial charge in [0.25, 0.3) is 5.56 Å². The smallest absolute Gasteiger partial charge is 0.254 e. The Morgan fingerprint density at radius 1 is 1.32 bits per heavy atom. The minimum Gasteiger partial charge on any atom is -0.494 e. The van der Waals surface area contributed by atoms with E-state index in [0.717, 1.165) is 12.2 Å². The van der Waals surface area contributed by atoms with Crippen molar-refractivity contribution in [2.24, 2.45) is 0 Å². The number of ether oxygens (including phenoxy) is 1. The van der Waals surface area contributed by atoms with Crippen molar-refractivity contribution in [3.05, 3.63) is 57.7 Å². The van der Waals surface area contributed by atoms with Gasteiger partial charge in [0.2, 0.25) is 0 Å². The minimum atomic E-state index is -0.128. The number of benzene rings is 1. The van der Waals surface area contributed by atoms with Crippen LogP contribution in [-0.4, -0.2) is 16.2 Å². The average Bonchev–Trinajstić information content (AvgIpc) is 2.38. The molecule has 0 saturated carbocycles. The van der Waals surface area contributed by atoms with E-state index in [1.165, 1.54) is 6.07 Å². The molecule has 0 atom stereocenters. The third-order valence-electron chi connectivity index (χ3n) is 2.71. The Kier molecular flexibility index (Phi) is 4.58. The van der Waals surface area contributed by atoms with Crippen molar-refractivity contribution in [3.8, 4) is 5.75 Å². The van der Waals surface area contributed by atoms with Crippen LogP contribution in [0.3, 0.4) is 0 Å². The zero-order valence-corrected chi connectivity index (χ0v) is 11.4. The van der Waals surface area contributed by atoms with Crippen LogP contribution in [0.1, 0.15) is 12.2 Å². The maximum atomic E-state index is 11.7. The Hall–Kier alpha value is -1.81. The van der Waals surface area contributed by atoms with Crippen LogP contribution in [0.5, 0.6) is 5.75 Å². The summed E-state index contributed by atoms with van der Waals surface area (Å²) in [5.74, 6) is 1.46. The van der Waals surface area contributed by atoms with Gasteiger partial charge in [-0.3, -0.25) is 9.36 Å². The van der Waals surface area contributed by atoms with Crippen LogP contribution in [0.25, 0.3) is 0 Å². The predicted molar refractivity (Wildman–Crippen MR) is 74.8 cm³/mol. The van der Waals surface area contributed by atoms with E-state index in [1.54, 1.807) is 11.5 Å². The first-order valence-electron chi connectivity index (χ1n) is 6.08. The summed E-state index contributed by atoms with van der Waals surface area (Å²) in [6, 6.07) is 10.9. The van der Waals surface area contributed by atoms with Gasteiger partial charge in [-0.1, -0.05) is 29.8 Å². The van der Waals surface area contributed by atoms with Gasteiger partial charge in [0.05, 0.1) is 6.61 Å². The standard InChI is InChI=1S/C14H15ClN2O2/c1-11-16-13(15)10-14(18)17(11)8-5-9-19-12-6-3-2-4-7-12/h2-4,6-7,10H,5,8-9H2,1H3. The Bertz CT molecular complexity index is 596. The SMILES string of the molecule is Cc1nc(Cl)cc(=O)n1CCCOc1ccccc1. The van der Waals surface area contributed by atoms with Crippen LogP contribution in [0.4, 0.5) is 0 Å². The lowest BCUT2D eigenvalue weighted by Crippen LogP contribution is -2.23. The largest absolute Gasteiger partial charge is 0.494 e. The third-order valence-corrected chi connectivity index (χ3v) is 2.90. The molecular weight excluding hydrogens is 264 g/mol. The Morgan fingerprint density at radius 2 is 2.05 bits per heavy atom. The molecule has 0 bridgehead atoms. The summed E-state index contributed by atoms with van der Waals surface area (Å²) in [5.41, 5.74) is -0.128. The quantitative estimate of drug-likeness (QED) is 0.624. The van der Waals surface area contributed by atoms with E-state index in [2.05, 4.69) is 4.98 Å². The van der Waals surface area contributed by atoms with Crippen LogP contribution < -0.4 is 10.3 Å². The summed E-state index contributed by atoms with van der Waals surface area (Å²) >= 11 is 5.71. The summed E-state index contributed by atoms with van der Waals surface area (Å²) < 4.78 is 7.17. The Labute approximate surface area is 116 Å². The second kappa shape index (κ2) is 6.38. The van der Waals surface area contributed by atoms with Gasteiger partial charge in [-0.2, -0.15) is 0 Å². The molecule has 0 aliphatic rings.